The fourth-order valence-corrected chi connectivity index (χ4v) is 3.62. The number of ether oxygens (including phenoxy) is 2. The Hall–Kier alpha value is -2.80. The summed E-state index contributed by atoms with van der Waals surface area (Å²) in [5, 5.41) is 0. The molecule has 0 saturated heterocycles. The second kappa shape index (κ2) is 8.53. The van der Waals surface area contributed by atoms with Gasteiger partial charge in [-0.25, -0.2) is 8.42 Å². The van der Waals surface area contributed by atoms with Crippen LogP contribution in [0, 0.1) is 6.92 Å². The molecule has 138 valence electrons. The largest absolute Gasteiger partial charge is 0.489 e. The molecule has 0 spiro atoms. The first kappa shape index (κ1) is 19.5. The molecular weight excluding hydrogens is 354 g/mol. The van der Waals surface area contributed by atoms with Gasteiger partial charge in [0.05, 0.1) is 17.7 Å². The van der Waals surface area contributed by atoms with Crippen LogP contribution in [0.15, 0.2) is 66.1 Å². The number of anilines is 1. The molecule has 0 aliphatic heterocycles. The molecule has 2 aromatic carbocycles. The van der Waals surface area contributed by atoms with E-state index in [1.165, 1.54) is 19.2 Å². The van der Waals surface area contributed by atoms with Gasteiger partial charge in [0.25, 0.3) is 10.0 Å². The van der Waals surface area contributed by atoms with E-state index in [1.54, 1.807) is 42.5 Å². The second-order valence-electron chi connectivity index (χ2n) is 5.50. The van der Waals surface area contributed by atoms with Gasteiger partial charge in [-0.15, -0.1) is 0 Å². The van der Waals surface area contributed by atoms with Crippen molar-refractivity contribution >= 4 is 21.7 Å². The molecule has 0 aliphatic rings. The van der Waals surface area contributed by atoms with Crippen molar-refractivity contribution in [1.29, 1.82) is 0 Å². The molecule has 0 radical (unpaired) electrons. The first-order valence-electron chi connectivity index (χ1n) is 7.88. The topological polar surface area (TPSA) is 72.9 Å². The third kappa shape index (κ3) is 4.64. The van der Waals surface area contributed by atoms with Crippen LogP contribution in [0.1, 0.15) is 5.56 Å². The Morgan fingerprint density at radius 1 is 1.19 bits per heavy atom. The molecule has 26 heavy (non-hydrogen) atoms. The van der Waals surface area contributed by atoms with Crippen molar-refractivity contribution < 1.29 is 22.7 Å². The zero-order valence-corrected chi connectivity index (χ0v) is 15.5. The number of nitrogens with zero attached hydrogens (tertiary/aromatic N) is 1. The minimum absolute atomic E-state index is 0.0874. The van der Waals surface area contributed by atoms with Crippen molar-refractivity contribution in [2.75, 3.05) is 24.6 Å². The molecule has 0 N–H and O–H groups in total. The molecule has 6 nitrogen and oxygen atoms in total. The van der Waals surface area contributed by atoms with E-state index in [4.69, 9.17) is 4.74 Å². The Kier molecular flexibility index (Phi) is 6.41. The Morgan fingerprint density at radius 2 is 1.88 bits per heavy atom. The van der Waals surface area contributed by atoms with Gasteiger partial charge in [-0.2, -0.15) is 0 Å². The summed E-state index contributed by atoms with van der Waals surface area (Å²) in [5.41, 5.74) is 1.24. The molecule has 0 heterocycles. The minimum Gasteiger partial charge on any atom is -0.489 e. The molecule has 0 aliphatic carbocycles. The van der Waals surface area contributed by atoms with Crippen molar-refractivity contribution in [3.05, 3.63) is 66.7 Å². The van der Waals surface area contributed by atoms with E-state index in [-0.39, 0.29) is 11.5 Å². The first-order chi connectivity index (χ1) is 12.4. The lowest BCUT2D eigenvalue weighted by molar-refractivity contribution is -0.138. The highest BCUT2D eigenvalue weighted by atomic mass is 32.2. The van der Waals surface area contributed by atoms with E-state index in [9.17, 15) is 13.2 Å². The maximum atomic E-state index is 13.1. The van der Waals surface area contributed by atoms with Crippen LogP contribution in [-0.2, 0) is 19.6 Å². The van der Waals surface area contributed by atoms with Crippen LogP contribution in [0.3, 0.4) is 0 Å². The maximum absolute atomic E-state index is 13.1. The summed E-state index contributed by atoms with van der Waals surface area (Å²) >= 11 is 0. The fraction of sp³-hybridized carbons (Fsp3) is 0.211. The number of aryl methyl sites for hydroxylation is 1. The lowest BCUT2D eigenvalue weighted by Gasteiger charge is -2.24. The Balaban J connectivity index is 2.47. The van der Waals surface area contributed by atoms with Crippen LogP contribution in [0.2, 0.25) is 0 Å². The standard InChI is InChI=1S/C19H21NO5S/c1-4-12-25-17-7-5-6-16(13-17)20(14-19(21)24-3)26(22,23)18-10-8-15(2)9-11-18/h4-11,13H,1,12,14H2,2-3H3. The maximum Gasteiger partial charge on any atom is 0.326 e. The van der Waals surface area contributed by atoms with Crippen molar-refractivity contribution in [3.8, 4) is 5.75 Å². The van der Waals surface area contributed by atoms with Crippen LogP contribution in [-0.4, -0.2) is 34.6 Å². The molecule has 0 bridgehead atoms. The number of methoxy groups -OCH3 is 1. The number of benzene rings is 2. The number of esters is 1. The van der Waals surface area contributed by atoms with E-state index in [1.807, 2.05) is 6.92 Å². The third-order valence-corrected chi connectivity index (χ3v) is 5.37. The van der Waals surface area contributed by atoms with E-state index in [2.05, 4.69) is 11.3 Å². The van der Waals surface area contributed by atoms with E-state index >= 15 is 0 Å². The lowest BCUT2D eigenvalue weighted by Crippen LogP contribution is -2.36. The van der Waals surface area contributed by atoms with Gasteiger partial charge in [-0.1, -0.05) is 36.4 Å². The van der Waals surface area contributed by atoms with E-state index < -0.39 is 22.5 Å². The van der Waals surface area contributed by atoms with Gasteiger partial charge in [0.1, 0.15) is 18.9 Å². The summed E-state index contributed by atoms with van der Waals surface area (Å²) in [6.45, 7) is 5.28. The zero-order chi connectivity index (χ0) is 19.2. The summed E-state index contributed by atoms with van der Waals surface area (Å²) in [4.78, 5) is 11.9. The highest BCUT2D eigenvalue weighted by molar-refractivity contribution is 7.92. The number of sulfonamides is 1. The van der Waals surface area contributed by atoms with Gasteiger partial charge < -0.3 is 9.47 Å². The minimum atomic E-state index is -3.96. The van der Waals surface area contributed by atoms with E-state index in [0.29, 0.717) is 11.4 Å². The van der Waals surface area contributed by atoms with Crippen molar-refractivity contribution in [2.45, 2.75) is 11.8 Å². The van der Waals surface area contributed by atoms with Crippen molar-refractivity contribution in [3.63, 3.8) is 0 Å². The summed E-state index contributed by atoms with van der Waals surface area (Å²) in [7, 11) is -2.75. The van der Waals surface area contributed by atoms with E-state index in [0.717, 1.165) is 9.87 Å². The number of rotatable bonds is 8. The van der Waals surface area contributed by atoms with Gasteiger partial charge in [0.15, 0.2) is 0 Å². The van der Waals surface area contributed by atoms with Gasteiger partial charge in [0, 0.05) is 6.07 Å². The monoisotopic (exact) mass is 375 g/mol. The van der Waals surface area contributed by atoms with Gasteiger partial charge in [0.2, 0.25) is 0 Å². The average molecular weight is 375 g/mol. The molecule has 2 aromatic rings. The number of hydrogen-bond acceptors (Lipinski definition) is 5. The fourth-order valence-electron chi connectivity index (χ4n) is 2.22. The smallest absolute Gasteiger partial charge is 0.326 e. The predicted molar refractivity (Wildman–Crippen MR) is 99.9 cm³/mol. The quantitative estimate of drug-likeness (QED) is 0.524. The van der Waals surface area contributed by atoms with Crippen molar-refractivity contribution in [1.82, 2.24) is 0 Å². The molecule has 2 rings (SSSR count). The van der Waals surface area contributed by atoms with Gasteiger partial charge in [-0.05, 0) is 31.2 Å². The number of hydrogen-bond donors (Lipinski definition) is 0. The van der Waals surface area contributed by atoms with Crippen LogP contribution in [0.4, 0.5) is 5.69 Å². The van der Waals surface area contributed by atoms with Crippen LogP contribution < -0.4 is 9.04 Å². The summed E-state index contributed by atoms with van der Waals surface area (Å²) in [6, 6.07) is 12.9. The average Bonchev–Trinajstić information content (AvgIpc) is 2.64. The summed E-state index contributed by atoms with van der Waals surface area (Å²) in [5.74, 6) is -0.200. The Labute approximate surface area is 153 Å². The van der Waals surface area contributed by atoms with Crippen LogP contribution >= 0.6 is 0 Å². The van der Waals surface area contributed by atoms with Crippen LogP contribution in [0.5, 0.6) is 5.75 Å². The molecule has 0 unspecified atom stereocenters. The highest BCUT2D eigenvalue weighted by Crippen LogP contribution is 2.27. The summed E-state index contributed by atoms with van der Waals surface area (Å²) < 4.78 is 37.3. The molecule has 0 aromatic heterocycles. The zero-order valence-electron chi connectivity index (χ0n) is 14.7. The summed E-state index contributed by atoms with van der Waals surface area (Å²) in [6.07, 6.45) is 1.59. The van der Waals surface area contributed by atoms with Gasteiger partial charge >= 0.3 is 5.97 Å². The molecular formula is C19H21NO5S. The first-order valence-corrected chi connectivity index (χ1v) is 9.32. The lowest BCUT2D eigenvalue weighted by atomic mass is 10.2. The molecule has 0 saturated carbocycles. The predicted octanol–water partition coefficient (Wildman–Crippen LogP) is 2.93. The molecule has 0 atom stereocenters. The second-order valence-corrected chi connectivity index (χ2v) is 7.36. The third-order valence-electron chi connectivity index (χ3n) is 3.58. The molecule has 7 heteroatoms. The van der Waals surface area contributed by atoms with Crippen molar-refractivity contribution in [2.24, 2.45) is 0 Å². The number of carbonyl (C=O) groups excluding carboxylic acids is 1. The Morgan fingerprint density at radius 3 is 2.50 bits per heavy atom. The SMILES string of the molecule is C=CCOc1cccc(N(CC(=O)OC)S(=O)(=O)c2ccc(C)cc2)c1. The Bertz CT molecular complexity index is 875. The normalized spacial score (nSPS) is 10.8. The number of carbonyl (C=O) groups is 1. The molecule has 0 amide bonds. The van der Waals surface area contributed by atoms with Gasteiger partial charge in [-0.3, -0.25) is 9.10 Å². The highest BCUT2D eigenvalue weighted by Gasteiger charge is 2.27. The van der Waals surface area contributed by atoms with Crippen LogP contribution in [0.25, 0.3) is 0 Å². The molecule has 0 fully saturated rings.